The molecule has 3 heterocycles. The van der Waals surface area contributed by atoms with Crippen LogP contribution >= 0.6 is 0 Å². The van der Waals surface area contributed by atoms with Crippen molar-refractivity contribution in [2.45, 2.75) is 30.7 Å². The van der Waals surface area contributed by atoms with Crippen LogP contribution in [-0.4, -0.2) is 56.4 Å². The maximum Gasteiger partial charge on any atom is 0.243 e. The van der Waals surface area contributed by atoms with E-state index >= 15 is 0 Å². The molecule has 0 aliphatic carbocycles. The number of hydrogen-bond donors (Lipinski definition) is 0. The summed E-state index contributed by atoms with van der Waals surface area (Å²) >= 11 is 0. The van der Waals surface area contributed by atoms with Crippen LogP contribution in [0.25, 0.3) is 0 Å². The highest BCUT2D eigenvalue weighted by molar-refractivity contribution is 7.89. The van der Waals surface area contributed by atoms with Crippen molar-refractivity contribution in [3.8, 4) is 0 Å². The summed E-state index contributed by atoms with van der Waals surface area (Å²) in [5.41, 5.74) is 1.88. The number of aromatic nitrogens is 2. The topological polar surface area (TPSA) is 69.6 Å². The Morgan fingerprint density at radius 1 is 1.00 bits per heavy atom. The molecule has 1 fully saturated rings. The van der Waals surface area contributed by atoms with Gasteiger partial charge >= 0.3 is 0 Å². The second-order valence-electron chi connectivity index (χ2n) is 7.26. The standard InChI is InChI=1S/C19H25N5O2S/c1-22(2)18-16-14-24(27(25,26)15-8-4-3-5-9-15)13-10-17(16)20-19(21-18)23-11-6-7-12-23/h3-5,8-9H,6-7,10-14H2,1-2H3. The highest BCUT2D eigenvalue weighted by atomic mass is 32.2. The first-order valence-electron chi connectivity index (χ1n) is 9.34. The van der Waals surface area contributed by atoms with E-state index in [-0.39, 0.29) is 0 Å². The van der Waals surface area contributed by atoms with Crippen LogP contribution in [0.5, 0.6) is 0 Å². The Balaban J connectivity index is 1.70. The first-order chi connectivity index (χ1) is 13.0. The number of benzene rings is 1. The highest BCUT2D eigenvalue weighted by Crippen LogP contribution is 2.31. The van der Waals surface area contributed by atoms with Gasteiger partial charge in [0.25, 0.3) is 0 Å². The lowest BCUT2D eigenvalue weighted by Gasteiger charge is -2.31. The van der Waals surface area contributed by atoms with Crippen molar-refractivity contribution in [2.24, 2.45) is 0 Å². The number of anilines is 2. The lowest BCUT2D eigenvalue weighted by Crippen LogP contribution is -2.38. The van der Waals surface area contributed by atoms with Gasteiger partial charge in [0.2, 0.25) is 16.0 Å². The van der Waals surface area contributed by atoms with Crippen LogP contribution < -0.4 is 9.80 Å². The Morgan fingerprint density at radius 3 is 2.37 bits per heavy atom. The van der Waals surface area contributed by atoms with E-state index in [1.54, 1.807) is 24.3 Å². The number of rotatable bonds is 4. The summed E-state index contributed by atoms with van der Waals surface area (Å²) in [4.78, 5) is 14.1. The van der Waals surface area contributed by atoms with Gasteiger partial charge in [0.15, 0.2) is 0 Å². The van der Waals surface area contributed by atoms with Gasteiger partial charge in [0.05, 0.1) is 10.6 Å². The monoisotopic (exact) mass is 387 g/mol. The van der Waals surface area contributed by atoms with Crippen LogP contribution in [0, 0.1) is 0 Å². The molecule has 2 aromatic rings. The molecule has 4 rings (SSSR count). The zero-order chi connectivity index (χ0) is 19.0. The fourth-order valence-corrected chi connectivity index (χ4v) is 5.16. The Hall–Kier alpha value is -2.19. The Kier molecular flexibility index (Phi) is 4.77. The Bertz CT molecular complexity index is 925. The normalized spacial score (nSPS) is 17.8. The van der Waals surface area contributed by atoms with E-state index in [1.165, 1.54) is 17.1 Å². The Labute approximate surface area is 160 Å². The lowest BCUT2D eigenvalue weighted by atomic mass is 10.1. The first-order valence-corrected chi connectivity index (χ1v) is 10.8. The van der Waals surface area contributed by atoms with Crippen molar-refractivity contribution in [1.29, 1.82) is 0 Å². The third kappa shape index (κ3) is 3.39. The van der Waals surface area contributed by atoms with E-state index in [0.717, 1.165) is 36.1 Å². The van der Waals surface area contributed by atoms with Crippen molar-refractivity contribution in [3.05, 3.63) is 41.6 Å². The summed E-state index contributed by atoms with van der Waals surface area (Å²) in [6.45, 7) is 2.72. The lowest BCUT2D eigenvalue weighted by molar-refractivity contribution is 0.387. The molecule has 2 aliphatic rings. The molecule has 0 atom stereocenters. The van der Waals surface area contributed by atoms with Crippen molar-refractivity contribution in [2.75, 3.05) is 43.5 Å². The molecule has 1 saturated heterocycles. The molecule has 7 nitrogen and oxygen atoms in total. The molecule has 2 aliphatic heterocycles. The van der Waals surface area contributed by atoms with Crippen molar-refractivity contribution < 1.29 is 8.42 Å². The largest absolute Gasteiger partial charge is 0.362 e. The molecule has 144 valence electrons. The van der Waals surface area contributed by atoms with Crippen LogP contribution in [0.2, 0.25) is 0 Å². The van der Waals surface area contributed by atoms with Crippen LogP contribution in [-0.2, 0) is 23.0 Å². The predicted molar refractivity (Wildman–Crippen MR) is 106 cm³/mol. The molecular weight excluding hydrogens is 362 g/mol. The SMILES string of the molecule is CN(C)c1nc(N2CCCC2)nc2c1CN(S(=O)(=O)c1ccccc1)CC2. The van der Waals surface area contributed by atoms with Crippen molar-refractivity contribution in [3.63, 3.8) is 0 Å². The molecule has 0 saturated carbocycles. The third-order valence-corrected chi connectivity index (χ3v) is 7.04. The summed E-state index contributed by atoms with van der Waals surface area (Å²) in [5, 5.41) is 0. The minimum atomic E-state index is -3.52. The van der Waals surface area contributed by atoms with Gasteiger partial charge in [-0.3, -0.25) is 0 Å². The molecule has 0 N–H and O–H groups in total. The zero-order valence-electron chi connectivity index (χ0n) is 15.8. The second-order valence-corrected chi connectivity index (χ2v) is 9.20. The maximum atomic E-state index is 13.0. The van der Waals surface area contributed by atoms with Gasteiger partial charge in [-0.15, -0.1) is 0 Å². The van der Waals surface area contributed by atoms with Gasteiger partial charge in [0.1, 0.15) is 5.82 Å². The van der Waals surface area contributed by atoms with E-state index in [1.807, 2.05) is 25.1 Å². The number of fused-ring (bicyclic) bond motifs is 1. The summed E-state index contributed by atoms with van der Waals surface area (Å²) < 4.78 is 27.6. The van der Waals surface area contributed by atoms with E-state index in [0.29, 0.717) is 24.4 Å². The zero-order valence-corrected chi connectivity index (χ0v) is 16.6. The number of nitrogens with zero attached hydrogens (tertiary/aromatic N) is 5. The summed E-state index contributed by atoms with van der Waals surface area (Å²) in [5.74, 6) is 1.59. The molecule has 1 aromatic carbocycles. The van der Waals surface area contributed by atoms with Crippen LogP contribution in [0.3, 0.4) is 0 Å². The minimum absolute atomic E-state index is 0.306. The van der Waals surface area contributed by atoms with Gasteiger partial charge in [-0.1, -0.05) is 18.2 Å². The molecule has 0 spiro atoms. The molecule has 27 heavy (non-hydrogen) atoms. The summed E-state index contributed by atoms with van der Waals surface area (Å²) in [6.07, 6.45) is 2.94. The molecule has 0 bridgehead atoms. The minimum Gasteiger partial charge on any atom is -0.362 e. The number of hydrogen-bond acceptors (Lipinski definition) is 6. The van der Waals surface area contributed by atoms with E-state index in [4.69, 9.17) is 9.97 Å². The van der Waals surface area contributed by atoms with Crippen molar-refractivity contribution in [1.82, 2.24) is 14.3 Å². The predicted octanol–water partition coefficient (Wildman–Crippen LogP) is 1.89. The van der Waals surface area contributed by atoms with Gasteiger partial charge in [0, 0.05) is 52.3 Å². The number of sulfonamides is 1. The molecular formula is C19H25N5O2S. The average Bonchev–Trinajstić information content (AvgIpc) is 3.22. The molecule has 0 radical (unpaired) electrons. The maximum absolute atomic E-state index is 13.0. The second kappa shape index (κ2) is 7.09. The van der Waals surface area contributed by atoms with E-state index in [2.05, 4.69) is 4.90 Å². The van der Waals surface area contributed by atoms with Gasteiger partial charge in [-0.05, 0) is 25.0 Å². The van der Waals surface area contributed by atoms with E-state index in [9.17, 15) is 8.42 Å². The molecule has 1 aromatic heterocycles. The fourth-order valence-electron chi connectivity index (χ4n) is 3.73. The Morgan fingerprint density at radius 2 is 1.70 bits per heavy atom. The first kappa shape index (κ1) is 18.2. The fraction of sp³-hybridized carbons (Fsp3) is 0.474. The molecule has 0 unspecified atom stereocenters. The molecule has 0 amide bonds. The quantitative estimate of drug-likeness (QED) is 0.798. The van der Waals surface area contributed by atoms with Crippen LogP contribution in [0.4, 0.5) is 11.8 Å². The van der Waals surface area contributed by atoms with Gasteiger partial charge < -0.3 is 9.80 Å². The van der Waals surface area contributed by atoms with Crippen LogP contribution in [0.15, 0.2) is 35.2 Å². The highest BCUT2D eigenvalue weighted by Gasteiger charge is 2.32. The van der Waals surface area contributed by atoms with Crippen LogP contribution in [0.1, 0.15) is 24.1 Å². The van der Waals surface area contributed by atoms with Gasteiger partial charge in [-0.25, -0.2) is 13.4 Å². The smallest absolute Gasteiger partial charge is 0.243 e. The third-order valence-electron chi connectivity index (χ3n) is 5.19. The van der Waals surface area contributed by atoms with Crippen molar-refractivity contribution >= 4 is 21.8 Å². The van der Waals surface area contributed by atoms with Gasteiger partial charge in [-0.2, -0.15) is 9.29 Å². The summed E-state index contributed by atoms with van der Waals surface area (Å²) in [7, 11) is 0.367. The molecule has 8 heteroatoms. The van der Waals surface area contributed by atoms with E-state index < -0.39 is 10.0 Å². The average molecular weight is 388 g/mol. The summed E-state index contributed by atoms with van der Waals surface area (Å²) in [6, 6.07) is 8.61.